The van der Waals surface area contributed by atoms with E-state index in [0.29, 0.717) is 5.57 Å². The molecule has 0 saturated carbocycles. The van der Waals surface area contributed by atoms with Gasteiger partial charge in [0, 0.05) is 5.57 Å². The fourth-order valence-electron chi connectivity index (χ4n) is 1.69. The molecule has 0 spiro atoms. The molecule has 2 heteroatoms. The molecule has 0 N–H and O–H groups in total. The summed E-state index contributed by atoms with van der Waals surface area (Å²) in [5.41, 5.74) is 2.93. The second-order valence-electron chi connectivity index (χ2n) is 3.73. The Morgan fingerprint density at radius 3 is 2.28 bits per heavy atom. The van der Waals surface area contributed by atoms with E-state index in [1.807, 2.05) is 60.7 Å². The normalized spacial score (nSPS) is 13.2. The highest BCUT2D eigenvalue weighted by Gasteiger charge is 2.03. The molecule has 0 saturated heterocycles. The van der Waals surface area contributed by atoms with E-state index in [9.17, 15) is 0 Å². The molecule has 0 radical (unpaired) electrons. The van der Waals surface area contributed by atoms with Gasteiger partial charge >= 0.3 is 0 Å². The van der Waals surface area contributed by atoms with Crippen molar-refractivity contribution in [2.45, 2.75) is 0 Å². The maximum Gasteiger partial charge on any atom is 0.136 e. The van der Waals surface area contributed by atoms with Crippen molar-refractivity contribution in [2.75, 3.05) is 0 Å². The summed E-state index contributed by atoms with van der Waals surface area (Å²) in [4.78, 5) is 0. The number of nitriles is 2. The van der Waals surface area contributed by atoms with E-state index in [1.165, 1.54) is 0 Å². The second-order valence-corrected chi connectivity index (χ2v) is 3.73. The predicted molar refractivity (Wildman–Crippen MR) is 71.0 cm³/mol. The average Bonchev–Trinajstić information content (AvgIpc) is 2.67. The fourth-order valence-corrected chi connectivity index (χ4v) is 1.69. The van der Waals surface area contributed by atoms with Crippen LogP contribution in [0.4, 0.5) is 0 Å². The molecule has 0 atom stereocenters. The molecule has 1 aromatic carbocycles. The van der Waals surface area contributed by atoms with E-state index in [2.05, 4.69) is 0 Å². The summed E-state index contributed by atoms with van der Waals surface area (Å²) in [7, 11) is 0. The summed E-state index contributed by atoms with van der Waals surface area (Å²) >= 11 is 0. The SMILES string of the molecule is N#CC(C#N)=C1C=CC=C(c2ccccc2)C=C1. The smallest absolute Gasteiger partial charge is 0.136 e. The molecule has 0 amide bonds. The van der Waals surface area contributed by atoms with E-state index in [-0.39, 0.29) is 5.57 Å². The minimum Gasteiger partial charge on any atom is -0.192 e. The monoisotopic (exact) mass is 230 g/mol. The van der Waals surface area contributed by atoms with Gasteiger partial charge in [-0.15, -0.1) is 0 Å². The van der Waals surface area contributed by atoms with E-state index < -0.39 is 0 Å². The van der Waals surface area contributed by atoms with Gasteiger partial charge in [-0.25, -0.2) is 0 Å². The first-order valence-corrected chi connectivity index (χ1v) is 5.51. The number of allylic oxidation sites excluding steroid dienone is 8. The van der Waals surface area contributed by atoms with Crippen LogP contribution in [0.25, 0.3) is 5.57 Å². The third-order valence-corrected chi connectivity index (χ3v) is 2.61. The summed E-state index contributed by atoms with van der Waals surface area (Å²) in [6, 6.07) is 13.8. The molecule has 1 aliphatic rings. The number of benzene rings is 1. The van der Waals surface area contributed by atoms with Crippen molar-refractivity contribution >= 4 is 5.57 Å². The van der Waals surface area contributed by atoms with Crippen LogP contribution in [0.2, 0.25) is 0 Å². The lowest BCUT2D eigenvalue weighted by atomic mass is 10.0. The molecule has 0 aromatic heterocycles. The van der Waals surface area contributed by atoms with Gasteiger partial charge in [0.2, 0.25) is 0 Å². The molecular formula is C16H10N2. The first-order chi connectivity index (χ1) is 8.85. The Morgan fingerprint density at radius 1 is 0.889 bits per heavy atom. The summed E-state index contributed by atoms with van der Waals surface area (Å²) in [5, 5.41) is 17.7. The molecular weight excluding hydrogens is 220 g/mol. The average molecular weight is 230 g/mol. The standard InChI is InChI=1S/C16H10N2/c17-11-16(12-18)15-8-4-7-14(9-10-15)13-5-2-1-3-6-13/h1-10H. The third-order valence-electron chi connectivity index (χ3n) is 2.61. The summed E-state index contributed by atoms with van der Waals surface area (Å²) < 4.78 is 0. The molecule has 18 heavy (non-hydrogen) atoms. The molecule has 1 aromatic rings. The van der Waals surface area contributed by atoms with Gasteiger partial charge in [0.25, 0.3) is 0 Å². The van der Waals surface area contributed by atoms with Crippen molar-refractivity contribution in [3.63, 3.8) is 0 Å². The lowest BCUT2D eigenvalue weighted by Gasteiger charge is -1.99. The topological polar surface area (TPSA) is 47.6 Å². The quantitative estimate of drug-likeness (QED) is 0.693. The molecule has 2 rings (SSSR count). The number of nitrogens with zero attached hydrogens (tertiary/aromatic N) is 2. The number of hydrogen-bond donors (Lipinski definition) is 0. The van der Waals surface area contributed by atoms with Crippen molar-refractivity contribution in [1.82, 2.24) is 0 Å². The lowest BCUT2D eigenvalue weighted by Crippen LogP contribution is -1.81. The van der Waals surface area contributed by atoms with Crippen LogP contribution in [0.15, 0.2) is 71.9 Å². The highest BCUT2D eigenvalue weighted by molar-refractivity contribution is 5.77. The molecule has 0 heterocycles. The second kappa shape index (κ2) is 5.48. The molecule has 1 aliphatic carbocycles. The third kappa shape index (κ3) is 2.45. The lowest BCUT2D eigenvalue weighted by molar-refractivity contribution is 1.44. The number of hydrogen-bond acceptors (Lipinski definition) is 2. The van der Waals surface area contributed by atoms with Gasteiger partial charge in [-0.05, 0) is 11.1 Å². The maximum atomic E-state index is 8.84. The van der Waals surface area contributed by atoms with Crippen LogP contribution in [0.5, 0.6) is 0 Å². The predicted octanol–water partition coefficient (Wildman–Crippen LogP) is 3.54. The van der Waals surface area contributed by atoms with Gasteiger partial charge in [-0.1, -0.05) is 60.7 Å². The zero-order valence-corrected chi connectivity index (χ0v) is 9.67. The number of rotatable bonds is 1. The van der Waals surface area contributed by atoms with Crippen LogP contribution in [-0.4, -0.2) is 0 Å². The molecule has 0 unspecified atom stereocenters. The van der Waals surface area contributed by atoms with Crippen LogP contribution >= 0.6 is 0 Å². The summed E-state index contributed by atoms with van der Waals surface area (Å²) in [6.45, 7) is 0. The van der Waals surface area contributed by atoms with E-state index >= 15 is 0 Å². The Labute approximate surface area is 106 Å². The maximum absolute atomic E-state index is 8.84. The summed E-state index contributed by atoms with van der Waals surface area (Å²) in [5.74, 6) is 0. The van der Waals surface area contributed by atoms with Crippen LogP contribution in [0, 0.1) is 22.7 Å². The first-order valence-electron chi connectivity index (χ1n) is 5.51. The minimum absolute atomic E-state index is 0.130. The van der Waals surface area contributed by atoms with Gasteiger partial charge < -0.3 is 0 Å². The zero-order valence-electron chi connectivity index (χ0n) is 9.67. The molecule has 0 bridgehead atoms. The van der Waals surface area contributed by atoms with Gasteiger partial charge in [0.1, 0.15) is 17.7 Å². The van der Waals surface area contributed by atoms with Crippen LogP contribution in [0.1, 0.15) is 5.56 Å². The van der Waals surface area contributed by atoms with Crippen LogP contribution in [-0.2, 0) is 0 Å². The molecule has 2 nitrogen and oxygen atoms in total. The molecule has 84 valence electrons. The van der Waals surface area contributed by atoms with Crippen molar-refractivity contribution < 1.29 is 0 Å². The highest BCUT2D eigenvalue weighted by Crippen LogP contribution is 2.20. The zero-order chi connectivity index (χ0) is 12.8. The van der Waals surface area contributed by atoms with Crippen LogP contribution < -0.4 is 0 Å². The van der Waals surface area contributed by atoms with Crippen molar-refractivity contribution in [3.05, 3.63) is 77.4 Å². The Kier molecular flexibility index (Phi) is 3.54. The van der Waals surface area contributed by atoms with Gasteiger partial charge in [0.05, 0.1) is 0 Å². The fraction of sp³-hybridized carbons (Fsp3) is 0. The van der Waals surface area contributed by atoms with E-state index in [1.54, 1.807) is 12.2 Å². The first kappa shape index (κ1) is 11.6. The van der Waals surface area contributed by atoms with Crippen molar-refractivity contribution in [1.29, 1.82) is 10.5 Å². The molecule has 0 fully saturated rings. The largest absolute Gasteiger partial charge is 0.192 e. The Morgan fingerprint density at radius 2 is 1.61 bits per heavy atom. The van der Waals surface area contributed by atoms with E-state index in [0.717, 1.165) is 11.1 Å². The van der Waals surface area contributed by atoms with Gasteiger partial charge in [0.15, 0.2) is 0 Å². The van der Waals surface area contributed by atoms with E-state index in [4.69, 9.17) is 10.5 Å². The highest BCUT2D eigenvalue weighted by atomic mass is 14.3. The van der Waals surface area contributed by atoms with Crippen molar-refractivity contribution in [2.24, 2.45) is 0 Å². The minimum atomic E-state index is 0.130. The van der Waals surface area contributed by atoms with Crippen LogP contribution in [0.3, 0.4) is 0 Å². The Hall–Kier alpha value is -2.84. The van der Waals surface area contributed by atoms with Gasteiger partial charge in [-0.2, -0.15) is 10.5 Å². The molecule has 0 aliphatic heterocycles. The Balaban J connectivity index is 2.39. The summed E-state index contributed by atoms with van der Waals surface area (Å²) in [6.07, 6.45) is 9.30. The van der Waals surface area contributed by atoms with Gasteiger partial charge in [-0.3, -0.25) is 0 Å². The Bertz CT molecular complexity index is 629. The van der Waals surface area contributed by atoms with Crippen molar-refractivity contribution in [3.8, 4) is 12.1 Å².